The highest BCUT2D eigenvalue weighted by atomic mass is 32.2. The zero-order valence-electron chi connectivity index (χ0n) is 40.7. The third-order valence-electron chi connectivity index (χ3n) is 14.8. The van der Waals surface area contributed by atoms with Gasteiger partial charge in [-0.3, -0.25) is 0 Å². The quantitative estimate of drug-likeness (QED) is 0.174. The molecule has 0 N–H and O–H groups in total. The summed E-state index contributed by atoms with van der Waals surface area (Å²) in [7, 11) is -3.20. The molecule has 0 unspecified atom stereocenters. The molecule has 0 spiro atoms. The first kappa shape index (κ1) is 49.5. The summed E-state index contributed by atoms with van der Waals surface area (Å²) >= 11 is 0. The van der Waals surface area contributed by atoms with E-state index in [-0.39, 0.29) is 50.0 Å². The van der Waals surface area contributed by atoms with Gasteiger partial charge in [-0.25, -0.2) is 16.8 Å². The molecule has 20 heteroatoms. The third-order valence-corrected chi connectivity index (χ3v) is 18.7. The lowest BCUT2D eigenvalue weighted by Crippen LogP contribution is -2.36. The zero-order chi connectivity index (χ0) is 49.2. The highest BCUT2D eigenvalue weighted by molar-refractivity contribution is 7.89. The number of aryl methyl sites for hydroxylation is 2. The van der Waals surface area contributed by atoms with Gasteiger partial charge in [0.25, 0.3) is 0 Å². The first-order chi connectivity index (χ1) is 33.7. The number of likely N-dealkylation sites (N-methyl/N-ethyl adjacent to an activating group) is 2. The predicted molar refractivity (Wildman–Crippen MR) is 263 cm³/mol. The van der Waals surface area contributed by atoms with Gasteiger partial charge in [0.05, 0.1) is 58.2 Å². The Morgan fingerprint density at radius 2 is 0.971 bits per heavy atom. The van der Waals surface area contributed by atoms with Crippen LogP contribution in [0.1, 0.15) is 85.0 Å². The normalized spacial score (nSPS) is 23.3. The molecule has 6 aliphatic heterocycles. The van der Waals surface area contributed by atoms with E-state index in [1.807, 2.05) is 38.1 Å². The minimum atomic E-state index is -3.70. The van der Waals surface area contributed by atoms with E-state index < -0.39 is 20.0 Å². The lowest BCUT2D eigenvalue weighted by Gasteiger charge is -2.32. The minimum absolute atomic E-state index is 0.0703. The van der Waals surface area contributed by atoms with E-state index in [1.54, 1.807) is 24.3 Å². The summed E-state index contributed by atoms with van der Waals surface area (Å²) in [5, 5.41) is 19.0. The second-order valence-corrected chi connectivity index (χ2v) is 23.4. The molecule has 0 amide bonds. The number of benzene rings is 2. The van der Waals surface area contributed by atoms with Crippen LogP contribution in [-0.4, -0.2) is 134 Å². The van der Waals surface area contributed by atoms with E-state index in [0.29, 0.717) is 82.3 Å². The largest absolute Gasteiger partial charge is 0.462 e. The van der Waals surface area contributed by atoms with Crippen molar-refractivity contribution in [3.8, 4) is 24.2 Å². The molecule has 0 radical (unpaired) electrons. The molecule has 18 nitrogen and oxygen atoms in total. The van der Waals surface area contributed by atoms with Crippen LogP contribution in [0.25, 0.3) is 0 Å². The number of ether oxygens (including phenoxy) is 2. The standard InChI is InChI=1S/2C25H32N6O3S/c2*1-18-7-3-4-10-23(18)35(32,33)31-15-21-22(16-31)27-25(34-17-20-9-6-11-29(20)2)28-24(21)30-12-5-8-19(13-26)14-30/h2*3-4,7,10,19-20H,5-6,8-9,11-12,14-17H2,1-2H3/t2*19-,20-/m00/s1. The van der Waals surface area contributed by atoms with Crippen LogP contribution in [0, 0.1) is 48.3 Å². The smallest absolute Gasteiger partial charge is 0.318 e. The number of nitrogens with zero attached hydrogens (tertiary/aromatic N) is 12. The molecule has 6 aliphatic rings. The summed E-state index contributed by atoms with van der Waals surface area (Å²) in [6, 6.07) is 20.1. The Morgan fingerprint density at radius 3 is 1.34 bits per heavy atom. The molecule has 10 rings (SSSR count). The average Bonchev–Trinajstić information content (AvgIpc) is 4.20. The Balaban J connectivity index is 0.000000174. The summed E-state index contributed by atoms with van der Waals surface area (Å²) in [5.74, 6) is 1.26. The molecule has 0 aliphatic carbocycles. The fourth-order valence-corrected chi connectivity index (χ4v) is 13.8. The highest BCUT2D eigenvalue weighted by Crippen LogP contribution is 2.38. The van der Waals surface area contributed by atoms with E-state index >= 15 is 0 Å². The maximum absolute atomic E-state index is 13.5. The van der Waals surface area contributed by atoms with Crippen LogP contribution in [0.2, 0.25) is 0 Å². The van der Waals surface area contributed by atoms with Crippen molar-refractivity contribution < 1.29 is 26.3 Å². The van der Waals surface area contributed by atoms with Gasteiger partial charge in [-0.15, -0.1) is 0 Å². The predicted octanol–water partition coefficient (Wildman–Crippen LogP) is 5.41. The van der Waals surface area contributed by atoms with Crippen LogP contribution in [-0.2, 0) is 46.2 Å². The second kappa shape index (κ2) is 21.1. The average molecular weight is 993 g/mol. The molecule has 70 heavy (non-hydrogen) atoms. The van der Waals surface area contributed by atoms with Gasteiger partial charge < -0.3 is 29.1 Å². The van der Waals surface area contributed by atoms with Crippen LogP contribution in [0.4, 0.5) is 11.6 Å². The molecule has 0 saturated carbocycles. The molecule has 4 aromatic rings. The number of sulfonamides is 2. The summed E-state index contributed by atoms with van der Waals surface area (Å²) in [4.78, 5) is 28.3. The number of piperidine rings is 2. The SMILES string of the molecule is Cc1ccccc1S(=O)(=O)N1Cc2nc(OC[C@@H]3CCCN3C)nc(N3CCC[C@@H](C#N)C3)c2C1.Cc1ccccc1S(=O)(=O)N1Cc2nc(OC[C@@H]3CCCN3C)nc(N3CCC[C@@H](C#N)C3)c2C1. The number of anilines is 2. The molecule has 372 valence electrons. The fourth-order valence-electron chi connectivity index (χ4n) is 10.6. The summed E-state index contributed by atoms with van der Waals surface area (Å²) < 4.78 is 69.1. The molecule has 0 bridgehead atoms. The van der Waals surface area contributed by atoms with Crippen LogP contribution >= 0.6 is 0 Å². The molecule has 8 heterocycles. The van der Waals surface area contributed by atoms with Gasteiger partial charge in [0.2, 0.25) is 20.0 Å². The van der Waals surface area contributed by atoms with E-state index in [2.05, 4.69) is 55.8 Å². The van der Waals surface area contributed by atoms with Crippen molar-refractivity contribution in [3.05, 3.63) is 82.2 Å². The minimum Gasteiger partial charge on any atom is -0.462 e. The van der Waals surface area contributed by atoms with Gasteiger partial charge in [-0.2, -0.15) is 39.1 Å². The Bertz CT molecular complexity index is 2680. The Kier molecular flexibility index (Phi) is 14.9. The number of fused-ring (bicyclic) bond motifs is 2. The van der Waals surface area contributed by atoms with Crippen molar-refractivity contribution in [1.29, 1.82) is 10.5 Å². The van der Waals surface area contributed by atoms with Crippen molar-refractivity contribution in [2.45, 2.75) is 113 Å². The number of nitriles is 2. The molecule has 4 fully saturated rings. The van der Waals surface area contributed by atoms with Gasteiger partial charge in [0.15, 0.2) is 0 Å². The van der Waals surface area contributed by atoms with Crippen molar-refractivity contribution in [2.24, 2.45) is 11.8 Å². The molecular weight excluding hydrogens is 929 g/mol. The van der Waals surface area contributed by atoms with E-state index in [1.165, 1.54) is 8.61 Å². The summed E-state index contributed by atoms with van der Waals surface area (Å²) in [6.07, 6.45) is 7.97. The van der Waals surface area contributed by atoms with Crippen LogP contribution < -0.4 is 19.3 Å². The molecule has 4 atom stereocenters. The molecular formula is C50H64N12O6S2. The molecule has 2 aromatic heterocycles. The first-order valence-electron chi connectivity index (χ1n) is 24.6. The number of aromatic nitrogens is 4. The van der Waals surface area contributed by atoms with Crippen molar-refractivity contribution in [1.82, 2.24) is 38.3 Å². The number of hydrogen-bond acceptors (Lipinski definition) is 16. The second-order valence-electron chi connectivity index (χ2n) is 19.6. The number of rotatable bonds is 12. The van der Waals surface area contributed by atoms with Crippen LogP contribution in [0.3, 0.4) is 0 Å². The van der Waals surface area contributed by atoms with Gasteiger partial charge in [0, 0.05) is 62.5 Å². The first-order valence-corrected chi connectivity index (χ1v) is 27.5. The lowest BCUT2D eigenvalue weighted by molar-refractivity contribution is 0.187. The fraction of sp³-hybridized carbons (Fsp3) is 0.560. The van der Waals surface area contributed by atoms with E-state index in [4.69, 9.17) is 19.4 Å². The van der Waals surface area contributed by atoms with Crippen molar-refractivity contribution >= 4 is 31.7 Å². The van der Waals surface area contributed by atoms with Crippen molar-refractivity contribution in [2.75, 3.05) is 76.4 Å². The maximum Gasteiger partial charge on any atom is 0.318 e. The van der Waals surface area contributed by atoms with Gasteiger partial charge in [-0.05, 0) is 116 Å². The van der Waals surface area contributed by atoms with E-state index in [9.17, 15) is 27.4 Å². The topological polar surface area (TPSA) is 205 Å². The highest BCUT2D eigenvalue weighted by Gasteiger charge is 2.39. The van der Waals surface area contributed by atoms with Gasteiger partial charge in [0.1, 0.15) is 24.8 Å². The van der Waals surface area contributed by atoms with E-state index in [0.717, 1.165) is 88.7 Å². The third kappa shape index (κ3) is 10.4. The Morgan fingerprint density at radius 1 is 0.571 bits per heavy atom. The molecule has 4 saturated heterocycles. The summed E-state index contributed by atoms with van der Waals surface area (Å²) in [6.45, 7) is 10.2. The van der Waals surface area contributed by atoms with Crippen LogP contribution in [0.5, 0.6) is 12.0 Å². The summed E-state index contributed by atoms with van der Waals surface area (Å²) in [5.41, 5.74) is 4.42. The Hall–Kier alpha value is -5.48. The van der Waals surface area contributed by atoms with Crippen molar-refractivity contribution in [3.63, 3.8) is 0 Å². The Labute approximate surface area is 412 Å². The number of likely N-dealkylation sites (tertiary alicyclic amines) is 2. The van der Waals surface area contributed by atoms with Crippen LogP contribution in [0.15, 0.2) is 58.3 Å². The maximum atomic E-state index is 13.5. The lowest BCUT2D eigenvalue weighted by atomic mass is 9.99. The number of hydrogen-bond donors (Lipinski definition) is 0. The zero-order valence-corrected chi connectivity index (χ0v) is 42.3. The van der Waals surface area contributed by atoms with Gasteiger partial charge in [-0.1, -0.05) is 36.4 Å². The van der Waals surface area contributed by atoms with Gasteiger partial charge >= 0.3 is 12.0 Å². The molecule has 2 aromatic carbocycles. The monoisotopic (exact) mass is 992 g/mol.